The van der Waals surface area contributed by atoms with Crippen LogP contribution >= 0.6 is 0 Å². The zero-order valence-electron chi connectivity index (χ0n) is 12.0. The lowest BCUT2D eigenvalue weighted by Crippen LogP contribution is -2.22. The molecule has 0 aliphatic heterocycles. The smallest absolute Gasteiger partial charge is 0.307 e. The zero-order chi connectivity index (χ0) is 16.3. The van der Waals surface area contributed by atoms with E-state index in [1.54, 1.807) is 6.92 Å². The third kappa shape index (κ3) is 3.38. The quantitative estimate of drug-likeness (QED) is 0.803. The summed E-state index contributed by atoms with van der Waals surface area (Å²) in [6.45, 7) is 3.69. The van der Waals surface area contributed by atoms with E-state index in [1.165, 1.54) is 18.2 Å². The number of nitrogens with zero attached hydrogens (tertiary/aromatic N) is 1. The number of urea groups is 1. The van der Waals surface area contributed by atoms with Crippen molar-refractivity contribution in [1.29, 1.82) is 0 Å². The van der Waals surface area contributed by atoms with Crippen molar-refractivity contribution >= 4 is 17.5 Å². The number of hydrogen-bond acceptors (Lipinski definition) is 2. The van der Waals surface area contributed by atoms with Crippen LogP contribution in [0.1, 0.15) is 23.7 Å². The minimum Gasteiger partial charge on any atom is -0.307 e. The second-order valence-electron chi connectivity index (χ2n) is 4.65. The number of para-hydroxylation sites is 1. The molecule has 22 heavy (non-hydrogen) atoms. The van der Waals surface area contributed by atoms with Gasteiger partial charge in [0.2, 0.25) is 0 Å². The van der Waals surface area contributed by atoms with Gasteiger partial charge in [0.1, 0.15) is 0 Å². The van der Waals surface area contributed by atoms with Crippen molar-refractivity contribution in [2.24, 2.45) is 0 Å². The molecule has 2 amide bonds. The van der Waals surface area contributed by atoms with Crippen LogP contribution in [0.2, 0.25) is 0 Å². The number of nitrogens with one attached hydrogen (secondary N) is 3. The maximum Gasteiger partial charge on any atom is 0.418 e. The highest BCUT2D eigenvalue weighted by atomic mass is 19.4. The van der Waals surface area contributed by atoms with Crippen molar-refractivity contribution in [1.82, 2.24) is 10.2 Å². The lowest BCUT2D eigenvalue weighted by molar-refractivity contribution is -0.136. The highest BCUT2D eigenvalue weighted by molar-refractivity contribution is 6.00. The summed E-state index contributed by atoms with van der Waals surface area (Å²) in [5.74, 6) is 0.291. The second kappa shape index (κ2) is 6.08. The number of rotatable bonds is 3. The molecule has 0 aliphatic carbocycles. The molecule has 3 N–H and O–H groups in total. The third-order valence-electron chi connectivity index (χ3n) is 3.18. The first-order valence-electron chi connectivity index (χ1n) is 6.61. The Balaban J connectivity index is 2.14. The highest BCUT2D eigenvalue weighted by Gasteiger charge is 2.33. The first-order valence-corrected chi connectivity index (χ1v) is 6.61. The highest BCUT2D eigenvalue weighted by Crippen LogP contribution is 2.34. The average molecular weight is 312 g/mol. The van der Waals surface area contributed by atoms with Crippen molar-refractivity contribution in [3.8, 4) is 0 Å². The number of carbonyl (C=O) groups is 1. The molecular weight excluding hydrogens is 297 g/mol. The van der Waals surface area contributed by atoms with Gasteiger partial charge in [-0.15, -0.1) is 0 Å². The minimum absolute atomic E-state index is 0.291. The first-order chi connectivity index (χ1) is 10.3. The summed E-state index contributed by atoms with van der Waals surface area (Å²) in [6.07, 6.45) is -3.83. The van der Waals surface area contributed by atoms with E-state index in [-0.39, 0.29) is 5.69 Å². The van der Waals surface area contributed by atoms with Crippen LogP contribution in [-0.2, 0) is 12.6 Å². The van der Waals surface area contributed by atoms with Crippen molar-refractivity contribution in [3.63, 3.8) is 0 Å². The van der Waals surface area contributed by atoms with E-state index < -0.39 is 17.8 Å². The molecule has 2 aromatic rings. The second-order valence-corrected chi connectivity index (χ2v) is 4.65. The predicted octanol–water partition coefficient (Wildman–Crippen LogP) is 3.94. The summed E-state index contributed by atoms with van der Waals surface area (Å²) in [5.41, 5.74) is 0.391. The van der Waals surface area contributed by atoms with Crippen LogP contribution in [0.25, 0.3) is 0 Å². The van der Waals surface area contributed by atoms with Crippen LogP contribution < -0.4 is 10.6 Å². The third-order valence-corrected chi connectivity index (χ3v) is 3.18. The fraction of sp³-hybridized carbons (Fsp3) is 0.286. The maximum atomic E-state index is 12.8. The summed E-state index contributed by atoms with van der Waals surface area (Å²) in [7, 11) is 0. The number of aromatic amines is 1. The monoisotopic (exact) mass is 312 g/mol. The van der Waals surface area contributed by atoms with Gasteiger partial charge in [0.15, 0.2) is 5.82 Å². The van der Waals surface area contributed by atoms with E-state index in [0.29, 0.717) is 12.2 Å². The molecule has 1 aromatic heterocycles. The molecule has 8 heteroatoms. The van der Waals surface area contributed by atoms with Crippen LogP contribution in [0.3, 0.4) is 0 Å². The summed E-state index contributed by atoms with van der Waals surface area (Å²) < 4.78 is 38.5. The molecule has 2 rings (SSSR count). The van der Waals surface area contributed by atoms with Gasteiger partial charge < -0.3 is 5.32 Å². The Hall–Kier alpha value is -2.51. The zero-order valence-corrected chi connectivity index (χ0v) is 12.0. The molecule has 0 aliphatic rings. The van der Waals surface area contributed by atoms with Gasteiger partial charge in [-0.3, -0.25) is 10.4 Å². The van der Waals surface area contributed by atoms with Crippen LogP contribution in [0.5, 0.6) is 0 Å². The molecule has 0 atom stereocenters. The number of carbonyl (C=O) groups excluding carboxylic acids is 1. The van der Waals surface area contributed by atoms with E-state index >= 15 is 0 Å². The molecule has 0 spiro atoms. The van der Waals surface area contributed by atoms with E-state index in [4.69, 9.17) is 0 Å². The number of aryl methyl sites for hydroxylation is 1. The fourth-order valence-electron chi connectivity index (χ4n) is 2.00. The normalized spacial score (nSPS) is 11.3. The average Bonchev–Trinajstić information content (AvgIpc) is 2.79. The van der Waals surface area contributed by atoms with Crippen molar-refractivity contribution in [2.45, 2.75) is 26.4 Å². The number of amides is 2. The molecule has 1 aromatic carbocycles. The topological polar surface area (TPSA) is 69.8 Å². The summed E-state index contributed by atoms with van der Waals surface area (Å²) >= 11 is 0. The SMILES string of the molecule is CCc1[nH]nc(NC(=O)Nc2ccccc2C(F)(F)F)c1C. The van der Waals surface area contributed by atoms with Crippen LogP contribution in [0.15, 0.2) is 24.3 Å². The van der Waals surface area contributed by atoms with Gasteiger partial charge >= 0.3 is 12.2 Å². The number of hydrogen-bond donors (Lipinski definition) is 3. The Morgan fingerprint density at radius 3 is 2.55 bits per heavy atom. The van der Waals surface area contributed by atoms with E-state index in [1.807, 2.05) is 6.92 Å². The van der Waals surface area contributed by atoms with Crippen molar-refractivity contribution in [3.05, 3.63) is 41.1 Å². The summed E-state index contributed by atoms with van der Waals surface area (Å²) in [6, 6.07) is 3.99. The minimum atomic E-state index is -4.54. The van der Waals surface area contributed by atoms with E-state index in [0.717, 1.165) is 17.3 Å². The predicted molar refractivity (Wildman–Crippen MR) is 76.8 cm³/mol. The lowest BCUT2D eigenvalue weighted by atomic mass is 10.1. The van der Waals surface area contributed by atoms with Crippen molar-refractivity contribution in [2.75, 3.05) is 10.6 Å². The summed E-state index contributed by atoms with van der Waals surface area (Å²) in [5, 5.41) is 11.3. The fourth-order valence-corrected chi connectivity index (χ4v) is 2.00. The number of H-pyrrole nitrogens is 1. The molecule has 0 saturated carbocycles. The van der Waals surface area contributed by atoms with Crippen LogP contribution in [0, 0.1) is 6.92 Å². The van der Waals surface area contributed by atoms with Gasteiger partial charge in [0, 0.05) is 11.3 Å². The standard InChI is InChI=1S/C14H15F3N4O/c1-3-10-8(2)12(21-20-10)19-13(22)18-11-7-5-4-6-9(11)14(15,16)17/h4-7H,3H2,1-2H3,(H3,18,19,20,21,22). The van der Waals surface area contributed by atoms with Crippen LogP contribution in [-0.4, -0.2) is 16.2 Å². The molecule has 5 nitrogen and oxygen atoms in total. The van der Waals surface area contributed by atoms with E-state index in [2.05, 4.69) is 20.8 Å². The number of halogens is 3. The van der Waals surface area contributed by atoms with E-state index in [9.17, 15) is 18.0 Å². The van der Waals surface area contributed by atoms with Crippen molar-refractivity contribution < 1.29 is 18.0 Å². The van der Waals surface area contributed by atoms with Crippen LogP contribution in [0.4, 0.5) is 29.5 Å². The molecule has 0 fully saturated rings. The molecule has 0 bridgehead atoms. The van der Waals surface area contributed by atoms with Gasteiger partial charge in [-0.05, 0) is 25.5 Å². The Labute approximate surface area is 124 Å². The number of alkyl halides is 3. The molecule has 1 heterocycles. The number of aromatic nitrogens is 2. The van der Waals surface area contributed by atoms with Gasteiger partial charge in [-0.2, -0.15) is 18.3 Å². The molecule has 0 unspecified atom stereocenters. The lowest BCUT2D eigenvalue weighted by Gasteiger charge is -2.13. The Morgan fingerprint density at radius 2 is 1.95 bits per heavy atom. The van der Waals surface area contributed by atoms with Gasteiger partial charge in [-0.25, -0.2) is 4.79 Å². The maximum absolute atomic E-state index is 12.8. The summed E-state index contributed by atoms with van der Waals surface area (Å²) in [4.78, 5) is 11.9. The molecule has 0 radical (unpaired) electrons. The largest absolute Gasteiger partial charge is 0.418 e. The molecule has 118 valence electrons. The van der Waals surface area contributed by atoms with Gasteiger partial charge in [-0.1, -0.05) is 19.1 Å². The Bertz CT molecular complexity index is 679. The molecular formula is C14H15F3N4O. The Kier molecular flexibility index (Phi) is 4.39. The molecule has 0 saturated heterocycles. The van der Waals surface area contributed by atoms with Gasteiger partial charge in [0.05, 0.1) is 11.3 Å². The first kappa shape index (κ1) is 15.9. The van der Waals surface area contributed by atoms with Gasteiger partial charge in [0.25, 0.3) is 0 Å². The number of anilines is 2. The number of benzene rings is 1. The Morgan fingerprint density at radius 1 is 1.27 bits per heavy atom.